The van der Waals surface area contributed by atoms with Crippen molar-refractivity contribution in [3.63, 3.8) is 0 Å². The highest BCUT2D eigenvalue weighted by molar-refractivity contribution is 5.83. The first-order chi connectivity index (χ1) is 11.7. The van der Waals surface area contributed by atoms with Crippen molar-refractivity contribution in [2.75, 3.05) is 20.2 Å². The molecule has 0 spiro atoms. The number of amides is 1. The van der Waals surface area contributed by atoms with Crippen LogP contribution < -0.4 is 10.1 Å². The molecule has 1 aliphatic rings. The lowest BCUT2D eigenvalue weighted by Gasteiger charge is -2.27. The van der Waals surface area contributed by atoms with Gasteiger partial charge in [0.1, 0.15) is 18.4 Å². The van der Waals surface area contributed by atoms with Gasteiger partial charge in [0.15, 0.2) is 0 Å². The van der Waals surface area contributed by atoms with Crippen LogP contribution in [-0.2, 0) is 4.79 Å². The van der Waals surface area contributed by atoms with E-state index in [0.717, 1.165) is 24.2 Å². The summed E-state index contributed by atoms with van der Waals surface area (Å²) in [5.74, 6) is 0.926. The number of rotatable bonds is 8. The van der Waals surface area contributed by atoms with Crippen LogP contribution in [0.2, 0.25) is 0 Å². The van der Waals surface area contributed by atoms with E-state index < -0.39 is 0 Å². The van der Waals surface area contributed by atoms with Gasteiger partial charge in [-0.1, -0.05) is 48.5 Å². The van der Waals surface area contributed by atoms with Crippen LogP contribution >= 0.6 is 0 Å². The van der Waals surface area contributed by atoms with E-state index in [-0.39, 0.29) is 11.9 Å². The molecule has 0 radical (unpaired) electrons. The van der Waals surface area contributed by atoms with Gasteiger partial charge in [-0.05, 0) is 37.6 Å². The van der Waals surface area contributed by atoms with Crippen LogP contribution in [-0.4, -0.2) is 37.0 Å². The number of carbonyl (C=O) groups excluding carboxylic acids is 1. The summed E-state index contributed by atoms with van der Waals surface area (Å²) in [6.07, 6.45) is 2.18. The van der Waals surface area contributed by atoms with Gasteiger partial charge in [0.05, 0.1) is 0 Å². The van der Waals surface area contributed by atoms with E-state index in [9.17, 15) is 4.79 Å². The van der Waals surface area contributed by atoms with E-state index in [2.05, 4.69) is 10.2 Å². The van der Waals surface area contributed by atoms with Crippen LogP contribution in [0.5, 0.6) is 5.75 Å². The third-order valence-corrected chi connectivity index (χ3v) is 4.18. The second-order valence-electron chi connectivity index (χ2n) is 6.24. The Morgan fingerprint density at radius 1 is 1.12 bits per heavy atom. The van der Waals surface area contributed by atoms with Gasteiger partial charge in [-0.3, -0.25) is 9.69 Å². The summed E-state index contributed by atoms with van der Waals surface area (Å²) in [7, 11) is 1.97. The number of hydrogen-bond acceptors (Lipinski definition) is 3. The molecule has 0 aromatic heterocycles. The smallest absolute Gasteiger partial charge is 0.242 e. The minimum atomic E-state index is -0.286. The highest BCUT2D eigenvalue weighted by Gasteiger charge is 2.30. The van der Waals surface area contributed by atoms with Crippen molar-refractivity contribution in [3.8, 4) is 5.75 Å². The van der Waals surface area contributed by atoms with Crippen molar-refractivity contribution in [2.45, 2.75) is 24.9 Å². The number of hydrogen-bond donors (Lipinski definition) is 1. The topological polar surface area (TPSA) is 41.6 Å². The number of nitrogens with zero attached hydrogens (tertiary/aromatic N) is 1. The molecule has 3 rings (SSSR count). The first-order valence-electron chi connectivity index (χ1n) is 8.47. The fraction of sp³-hybridized carbons (Fsp3) is 0.350. The minimum absolute atomic E-state index is 0.0749. The zero-order valence-electron chi connectivity index (χ0n) is 14.0. The summed E-state index contributed by atoms with van der Waals surface area (Å²) >= 11 is 0. The molecule has 2 aromatic carbocycles. The Hall–Kier alpha value is -2.33. The average molecular weight is 324 g/mol. The first-order valence-corrected chi connectivity index (χ1v) is 8.47. The first kappa shape index (κ1) is 16.5. The lowest BCUT2D eigenvalue weighted by atomic mass is 10.0. The number of nitrogens with one attached hydrogen (secondary N) is 1. The molecule has 2 aromatic rings. The summed E-state index contributed by atoms with van der Waals surface area (Å²) < 4.78 is 5.76. The van der Waals surface area contributed by atoms with Crippen LogP contribution in [0.4, 0.5) is 0 Å². The predicted molar refractivity (Wildman–Crippen MR) is 94.9 cm³/mol. The molecule has 0 heterocycles. The molecule has 1 N–H and O–H groups in total. The zero-order valence-corrected chi connectivity index (χ0v) is 14.0. The maximum atomic E-state index is 12.7. The predicted octanol–water partition coefficient (Wildman–Crippen LogP) is 3.02. The summed E-state index contributed by atoms with van der Waals surface area (Å²) in [4.78, 5) is 14.7. The van der Waals surface area contributed by atoms with Crippen LogP contribution in [0.1, 0.15) is 24.4 Å². The van der Waals surface area contributed by atoms with Gasteiger partial charge in [-0.25, -0.2) is 0 Å². The van der Waals surface area contributed by atoms with Crippen LogP contribution in [0.15, 0.2) is 60.7 Å². The molecule has 4 heteroatoms. The van der Waals surface area contributed by atoms with E-state index in [1.54, 1.807) is 0 Å². The van der Waals surface area contributed by atoms with Gasteiger partial charge < -0.3 is 10.1 Å². The molecule has 0 bridgehead atoms. The molecule has 126 valence electrons. The molecule has 4 nitrogen and oxygen atoms in total. The van der Waals surface area contributed by atoms with Crippen molar-refractivity contribution < 1.29 is 9.53 Å². The summed E-state index contributed by atoms with van der Waals surface area (Å²) in [5, 5.41) is 3.12. The monoisotopic (exact) mass is 324 g/mol. The van der Waals surface area contributed by atoms with Crippen molar-refractivity contribution >= 4 is 5.91 Å². The van der Waals surface area contributed by atoms with Gasteiger partial charge in [-0.15, -0.1) is 0 Å². The highest BCUT2D eigenvalue weighted by atomic mass is 16.5. The molecule has 1 amide bonds. The number of carbonyl (C=O) groups is 1. The fourth-order valence-corrected chi connectivity index (χ4v) is 2.70. The molecule has 1 atom stereocenters. The maximum absolute atomic E-state index is 12.7. The molecular weight excluding hydrogens is 300 g/mol. The molecule has 1 aliphatic carbocycles. The molecular formula is C20H24N2O2. The number of para-hydroxylation sites is 1. The maximum Gasteiger partial charge on any atom is 0.242 e. The Kier molecular flexibility index (Phi) is 5.49. The number of likely N-dealkylation sites (N-methyl/N-ethyl adjacent to an activating group) is 1. The van der Waals surface area contributed by atoms with Crippen molar-refractivity contribution in [3.05, 3.63) is 66.2 Å². The second kappa shape index (κ2) is 7.97. The van der Waals surface area contributed by atoms with Gasteiger partial charge in [0, 0.05) is 12.6 Å². The minimum Gasteiger partial charge on any atom is -0.492 e. The Labute approximate surface area is 143 Å². The van der Waals surface area contributed by atoms with E-state index >= 15 is 0 Å². The fourth-order valence-electron chi connectivity index (χ4n) is 2.70. The Morgan fingerprint density at radius 3 is 2.38 bits per heavy atom. The second-order valence-corrected chi connectivity index (χ2v) is 6.24. The third kappa shape index (κ3) is 4.59. The van der Waals surface area contributed by atoms with Gasteiger partial charge in [0.25, 0.3) is 0 Å². The molecule has 24 heavy (non-hydrogen) atoms. The van der Waals surface area contributed by atoms with Crippen LogP contribution in [0.25, 0.3) is 0 Å². The van der Waals surface area contributed by atoms with Crippen molar-refractivity contribution in [2.24, 2.45) is 0 Å². The average Bonchev–Trinajstić information content (AvgIpc) is 3.41. The van der Waals surface area contributed by atoms with Gasteiger partial charge >= 0.3 is 0 Å². The molecule has 0 aliphatic heterocycles. The van der Waals surface area contributed by atoms with Crippen molar-refractivity contribution in [1.82, 2.24) is 10.2 Å². The molecule has 0 saturated heterocycles. The van der Waals surface area contributed by atoms with E-state index in [4.69, 9.17) is 4.74 Å². The third-order valence-electron chi connectivity index (χ3n) is 4.18. The molecule has 1 saturated carbocycles. The summed E-state index contributed by atoms with van der Waals surface area (Å²) in [6, 6.07) is 19.8. The molecule has 1 fully saturated rings. The van der Waals surface area contributed by atoms with Gasteiger partial charge in [0.2, 0.25) is 5.91 Å². The molecule has 0 unspecified atom stereocenters. The quantitative estimate of drug-likeness (QED) is 0.811. The number of ether oxygens (including phenoxy) is 1. The largest absolute Gasteiger partial charge is 0.492 e. The summed E-state index contributed by atoms with van der Waals surface area (Å²) in [6.45, 7) is 1.22. The highest BCUT2D eigenvalue weighted by Crippen LogP contribution is 2.24. The zero-order chi connectivity index (χ0) is 16.8. The van der Waals surface area contributed by atoms with E-state index in [0.29, 0.717) is 19.2 Å². The Balaban J connectivity index is 1.61. The SMILES string of the molecule is CN(CCOc1ccccc1)[C@@H](C(=O)NC1CC1)c1ccccc1. The lowest BCUT2D eigenvalue weighted by Crippen LogP contribution is -2.41. The van der Waals surface area contributed by atoms with Crippen molar-refractivity contribution in [1.29, 1.82) is 0 Å². The van der Waals surface area contributed by atoms with Crippen LogP contribution in [0, 0.1) is 0 Å². The summed E-state index contributed by atoms with van der Waals surface area (Å²) in [5.41, 5.74) is 1.01. The standard InChI is InChI=1S/C20H24N2O2/c1-22(14-15-24-18-10-6-3-7-11-18)19(16-8-4-2-5-9-16)20(23)21-17-12-13-17/h2-11,17,19H,12-15H2,1H3,(H,21,23)/t19-/m1/s1. The van der Waals surface area contributed by atoms with Gasteiger partial charge in [-0.2, -0.15) is 0 Å². The Morgan fingerprint density at radius 2 is 1.75 bits per heavy atom. The van der Waals surface area contributed by atoms with E-state index in [1.807, 2.05) is 67.7 Å². The lowest BCUT2D eigenvalue weighted by molar-refractivity contribution is -0.126. The Bertz CT molecular complexity index is 641. The number of benzene rings is 2. The normalized spacial score (nSPS) is 15.1. The van der Waals surface area contributed by atoms with Crippen LogP contribution in [0.3, 0.4) is 0 Å². The van der Waals surface area contributed by atoms with E-state index in [1.165, 1.54) is 0 Å².